The molecular formula is C20H14ClN5S. The second-order valence-electron chi connectivity index (χ2n) is 5.68. The molecule has 0 aromatic heterocycles. The Bertz CT molecular complexity index is 927. The predicted molar refractivity (Wildman–Crippen MR) is 109 cm³/mol. The molecule has 0 bridgehead atoms. The number of nitriles is 2. The lowest BCUT2D eigenvalue weighted by Gasteiger charge is -2.28. The van der Waals surface area contributed by atoms with E-state index in [0.717, 1.165) is 23.3 Å². The molecule has 0 atom stereocenters. The summed E-state index contributed by atoms with van der Waals surface area (Å²) in [7, 11) is 0. The Kier molecular flexibility index (Phi) is 6.27. The predicted octanol–water partition coefficient (Wildman–Crippen LogP) is 4.65. The van der Waals surface area contributed by atoms with Gasteiger partial charge in [-0.25, -0.2) is 0 Å². The Balaban J connectivity index is 2.03. The normalized spacial score (nSPS) is 13.1. The van der Waals surface area contributed by atoms with Crippen molar-refractivity contribution in [2.45, 2.75) is 13.1 Å². The molecule has 1 aliphatic heterocycles. The highest BCUT2D eigenvalue weighted by molar-refractivity contribution is 7.97. The van der Waals surface area contributed by atoms with Crippen LogP contribution in [-0.2, 0) is 13.1 Å². The monoisotopic (exact) mass is 391 g/mol. The molecule has 2 aromatic rings. The van der Waals surface area contributed by atoms with Gasteiger partial charge in [0.1, 0.15) is 29.8 Å². The summed E-state index contributed by atoms with van der Waals surface area (Å²) in [4.78, 5) is 2.00. The van der Waals surface area contributed by atoms with E-state index >= 15 is 0 Å². The Labute approximate surface area is 167 Å². The van der Waals surface area contributed by atoms with E-state index in [4.69, 9.17) is 11.6 Å². The number of amidine groups is 1. The van der Waals surface area contributed by atoms with E-state index < -0.39 is 0 Å². The fourth-order valence-electron chi connectivity index (χ4n) is 2.66. The van der Waals surface area contributed by atoms with E-state index in [9.17, 15) is 10.5 Å². The Morgan fingerprint density at radius 1 is 0.889 bits per heavy atom. The topological polar surface area (TPSA) is 75.5 Å². The van der Waals surface area contributed by atoms with E-state index in [1.54, 1.807) is 0 Å². The SMILES string of the molecule is N#CC(C#N)=C1C(Cl)=NSN=C1N(Cc1ccccc1)Cc1ccccc1. The minimum atomic E-state index is -0.103. The van der Waals surface area contributed by atoms with Gasteiger partial charge in [-0.1, -0.05) is 72.3 Å². The van der Waals surface area contributed by atoms with Crippen molar-refractivity contribution >= 4 is 34.7 Å². The van der Waals surface area contributed by atoms with Gasteiger partial charge in [0.2, 0.25) is 0 Å². The number of hydrogen-bond donors (Lipinski definition) is 0. The summed E-state index contributed by atoms with van der Waals surface area (Å²) in [6, 6.07) is 23.6. The summed E-state index contributed by atoms with van der Waals surface area (Å²) < 4.78 is 8.40. The summed E-state index contributed by atoms with van der Waals surface area (Å²) >= 11 is 7.19. The largest absolute Gasteiger partial charge is 0.347 e. The summed E-state index contributed by atoms with van der Waals surface area (Å²) in [6.07, 6.45) is 0. The second kappa shape index (κ2) is 9.05. The van der Waals surface area contributed by atoms with Crippen LogP contribution in [0.2, 0.25) is 0 Å². The first-order valence-corrected chi connectivity index (χ1v) is 9.19. The van der Waals surface area contributed by atoms with Crippen molar-refractivity contribution in [3.8, 4) is 12.1 Å². The lowest BCUT2D eigenvalue weighted by molar-refractivity contribution is 0.408. The van der Waals surface area contributed by atoms with E-state index in [-0.39, 0.29) is 16.3 Å². The van der Waals surface area contributed by atoms with Gasteiger partial charge in [0, 0.05) is 13.1 Å². The van der Waals surface area contributed by atoms with E-state index in [1.807, 2.05) is 77.7 Å². The summed E-state index contributed by atoms with van der Waals surface area (Å²) in [5.74, 6) is 0.478. The first kappa shape index (κ1) is 18.7. The summed E-state index contributed by atoms with van der Waals surface area (Å²) in [5.41, 5.74) is 2.32. The lowest BCUT2D eigenvalue weighted by Crippen LogP contribution is -2.34. The Morgan fingerprint density at radius 2 is 1.41 bits per heavy atom. The number of nitrogens with zero attached hydrogens (tertiary/aromatic N) is 5. The standard InChI is InChI=1S/C20H14ClN5S/c21-19-18(17(11-22)12-23)20(25-27-24-19)26(13-15-7-3-1-4-8-15)14-16-9-5-2-6-10-16/h1-10H,13-14H2. The molecule has 2 aromatic carbocycles. The Hall–Kier alpha value is -3.06. The highest BCUT2D eigenvalue weighted by Gasteiger charge is 2.27. The molecule has 0 amide bonds. The number of allylic oxidation sites excluding steroid dienone is 1. The minimum Gasteiger partial charge on any atom is -0.347 e. The first-order chi connectivity index (χ1) is 13.2. The molecule has 27 heavy (non-hydrogen) atoms. The third kappa shape index (κ3) is 4.57. The fourth-order valence-corrected chi connectivity index (χ4v) is 3.42. The highest BCUT2D eigenvalue weighted by Crippen LogP contribution is 2.27. The van der Waals surface area contributed by atoms with Crippen LogP contribution in [0.25, 0.3) is 0 Å². The van der Waals surface area contributed by atoms with Crippen LogP contribution in [0.15, 0.2) is 80.6 Å². The molecule has 5 nitrogen and oxygen atoms in total. The van der Waals surface area contributed by atoms with Crippen molar-refractivity contribution in [2.75, 3.05) is 0 Å². The molecule has 132 valence electrons. The van der Waals surface area contributed by atoms with Crippen molar-refractivity contribution in [1.82, 2.24) is 4.90 Å². The van der Waals surface area contributed by atoms with Gasteiger partial charge >= 0.3 is 0 Å². The van der Waals surface area contributed by atoms with E-state index in [0.29, 0.717) is 18.9 Å². The van der Waals surface area contributed by atoms with Crippen molar-refractivity contribution in [3.05, 3.63) is 82.9 Å². The number of hydrogen-bond acceptors (Lipinski definition) is 6. The molecule has 1 heterocycles. The van der Waals surface area contributed by atoms with Gasteiger partial charge in [-0.3, -0.25) is 0 Å². The minimum absolute atomic E-state index is 0.103. The van der Waals surface area contributed by atoms with Crippen LogP contribution in [0, 0.1) is 22.7 Å². The first-order valence-electron chi connectivity index (χ1n) is 8.08. The van der Waals surface area contributed by atoms with E-state index in [1.165, 1.54) is 0 Å². The van der Waals surface area contributed by atoms with Gasteiger partial charge in [-0.15, -0.1) is 0 Å². The number of rotatable bonds is 4. The molecule has 0 saturated heterocycles. The van der Waals surface area contributed by atoms with Crippen LogP contribution < -0.4 is 0 Å². The highest BCUT2D eigenvalue weighted by atomic mass is 35.5. The maximum absolute atomic E-state index is 9.35. The van der Waals surface area contributed by atoms with Crippen molar-refractivity contribution in [2.24, 2.45) is 8.80 Å². The quantitative estimate of drug-likeness (QED) is 0.561. The molecule has 3 rings (SSSR count). The van der Waals surface area contributed by atoms with Crippen LogP contribution >= 0.6 is 23.7 Å². The van der Waals surface area contributed by atoms with Crippen LogP contribution in [0.3, 0.4) is 0 Å². The molecule has 0 radical (unpaired) electrons. The molecule has 0 fully saturated rings. The van der Waals surface area contributed by atoms with Crippen LogP contribution in [-0.4, -0.2) is 15.9 Å². The maximum Gasteiger partial charge on any atom is 0.152 e. The third-order valence-electron chi connectivity index (χ3n) is 3.88. The number of benzene rings is 2. The maximum atomic E-state index is 9.35. The zero-order valence-electron chi connectivity index (χ0n) is 14.2. The number of halogens is 1. The molecule has 7 heteroatoms. The van der Waals surface area contributed by atoms with Crippen molar-refractivity contribution in [1.29, 1.82) is 10.5 Å². The Morgan fingerprint density at radius 3 is 1.89 bits per heavy atom. The molecule has 0 saturated carbocycles. The van der Waals surface area contributed by atoms with Crippen molar-refractivity contribution < 1.29 is 0 Å². The van der Waals surface area contributed by atoms with Gasteiger partial charge in [0.05, 0.1) is 5.57 Å². The van der Waals surface area contributed by atoms with Crippen LogP contribution in [0.1, 0.15) is 11.1 Å². The van der Waals surface area contributed by atoms with Crippen molar-refractivity contribution in [3.63, 3.8) is 0 Å². The second-order valence-corrected chi connectivity index (χ2v) is 6.57. The molecule has 0 N–H and O–H groups in total. The van der Waals surface area contributed by atoms with Gasteiger partial charge in [0.25, 0.3) is 0 Å². The summed E-state index contributed by atoms with van der Waals surface area (Å²) in [6.45, 7) is 1.10. The zero-order chi connectivity index (χ0) is 19.1. The van der Waals surface area contributed by atoms with Gasteiger partial charge in [0.15, 0.2) is 11.0 Å². The van der Waals surface area contributed by atoms with Gasteiger partial charge < -0.3 is 4.90 Å². The molecule has 1 aliphatic rings. The average Bonchev–Trinajstić information content (AvgIpc) is 2.71. The molecule has 0 aliphatic carbocycles. The smallest absolute Gasteiger partial charge is 0.152 e. The van der Waals surface area contributed by atoms with Gasteiger partial charge in [-0.05, 0) is 11.1 Å². The van der Waals surface area contributed by atoms with E-state index in [2.05, 4.69) is 8.80 Å². The lowest BCUT2D eigenvalue weighted by atomic mass is 10.1. The van der Waals surface area contributed by atoms with Crippen LogP contribution in [0.4, 0.5) is 0 Å². The molecule has 0 spiro atoms. The third-order valence-corrected chi connectivity index (χ3v) is 4.78. The zero-order valence-corrected chi connectivity index (χ0v) is 15.8. The summed E-state index contributed by atoms with van der Waals surface area (Å²) in [5, 5.41) is 18.8. The fraction of sp³-hybridized carbons (Fsp3) is 0.100. The van der Waals surface area contributed by atoms with Gasteiger partial charge in [-0.2, -0.15) is 19.3 Å². The molecule has 0 unspecified atom stereocenters. The molecular weight excluding hydrogens is 378 g/mol. The average molecular weight is 392 g/mol. The van der Waals surface area contributed by atoms with Crippen LogP contribution in [0.5, 0.6) is 0 Å².